The summed E-state index contributed by atoms with van der Waals surface area (Å²) in [4.78, 5) is 0. The van der Waals surface area contributed by atoms with Crippen LogP contribution >= 0.6 is 0 Å². The Balaban J connectivity index is 5.62. The summed E-state index contributed by atoms with van der Waals surface area (Å²) >= 11 is 0. The molecule has 0 amide bonds. The Hall–Kier alpha value is 0.748. The lowest BCUT2D eigenvalue weighted by atomic mass is 10.0. The van der Waals surface area contributed by atoms with E-state index in [2.05, 4.69) is 94.3 Å². The van der Waals surface area contributed by atoms with Gasteiger partial charge >= 0.3 is 0 Å². The Morgan fingerprint density at radius 1 is 0.821 bits per heavy atom. The Morgan fingerprint density at radius 2 is 1.32 bits per heavy atom. The van der Waals surface area contributed by atoms with Gasteiger partial charge in [0, 0.05) is 16.4 Å². The summed E-state index contributed by atoms with van der Waals surface area (Å²) in [6.45, 7) is 32.7. The molecule has 0 heterocycles. The summed E-state index contributed by atoms with van der Waals surface area (Å²) in [5.41, 5.74) is 0. The van der Waals surface area contributed by atoms with Crippen molar-refractivity contribution in [1.29, 1.82) is 0 Å². The summed E-state index contributed by atoms with van der Waals surface area (Å²) < 4.78 is 20.5. The van der Waals surface area contributed by atoms with Crippen molar-refractivity contribution in [1.82, 2.24) is 0 Å². The van der Waals surface area contributed by atoms with Crippen molar-refractivity contribution in [2.75, 3.05) is 0 Å². The zero-order valence-electron chi connectivity index (χ0n) is 21.7. The molecular weight excluding hydrogens is 413 g/mol. The third-order valence-corrected chi connectivity index (χ3v) is 19.2. The van der Waals surface area contributed by atoms with Crippen molar-refractivity contribution in [3.05, 3.63) is 0 Å². The van der Waals surface area contributed by atoms with Gasteiger partial charge in [0.25, 0.3) is 0 Å². The minimum Gasteiger partial charge on any atom is -0.418 e. The van der Waals surface area contributed by atoms with E-state index in [4.69, 9.17) is 13.3 Å². The zero-order chi connectivity index (χ0) is 22.6. The van der Waals surface area contributed by atoms with Gasteiger partial charge in [0.05, 0.1) is 14.0 Å². The Kier molecular flexibility index (Phi) is 11.2. The molecule has 0 radical (unpaired) electrons. The predicted molar refractivity (Wildman–Crippen MR) is 137 cm³/mol. The van der Waals surface area contributed by atoms with Crippen LogP contribution in [0.4, 0.5) is 0 Å². The zero-order valence-corrected chi connectivity index (χ0v) is 26.1. The largest absolute Gasteiger partial charge is 0.418 e. The van der Waals surface area contributed by atoms with E-state index in [0.717, 1.165) is 19.3 Å². The first-order valence-corrected chi connectivity index (χ1v) is 22.3. The van der Waals surface area contributed by atoms with Crippen LogP contribution in [-0.4, -0.2) is 51.7 Å². The fourth-order valence-corrected chi connectivity index (χ4v) is 13.9. The van der Waals surface area contributed by atoms with E-state index in [1.807, 2.05) is 0 Å². The van der Waals surface area contributed by atoms with Gasteiger partial charge in [-0.2, -0.15) is 0 Å². The highest BCUT2D eigenvalue weighted by Gasteiger charge is 2.50. The van der Waals surface area contributed by atoms with Gasteiger partial charge in [-0.3, -0.25) is 0 Å². The van der Waals surface area contributed by atoms with Crippen LogP contribution in [0.3, 0.4) is 0 Å². The third-order valence-electron chi connectivity index (χ3n) is 7.50. The molecule has 0 saturated heterocycles. The second-order valence-corrected chi connectivity index (χ2v) is 23.9. The number of rotatable bonds is 13. The topological polar surface area (TPSA) is 27.7 Å². The molecular formula is C21H52O3Si4. The van der Waals surface area contributed by atoms with Crippen LogP contribution in [0, 0.1) is 0 Å². The smallest absolute Gasteiger partial charge is 0.216 e. The summed E-state index contributed by atoms with van der Waals surface area (Å²) in [6, 6.07) is 0. The van der Waals surface area contributed by atoms with Crippen molar-refractivity contribution in [3.8, 4) is 0 Å². The summed E-state index contributed by atoms with van der Waals surface area (Å²) in [6.07, 6.45) is 3.40. The lowest BCUT2D eigenvalue weighted by molar-refractivity contribution is 0.0705. The van der Waals surface area contributed by atoms with Crippen LogP contribution < -0.4 is 0 Å². The van der Waals surface area contributed by atoms with Crippen molar-refractivity contribution >= 4 is 35.2 Å². The van der Waals surface area contributed by atoms with Gasteiger partial charge < -0.3 is 13.3 Å². The average Bonchev–Trinajstić information content (AvgIpc) is 2.57. The van der Waals surface area contributed by atoms with Gasteiger partial charge in [0.1, 0.15) is 0 Å². The second-order valence-electron chi connectivity index (χ2n) is 10.7. The first-order valence-electron chi connectivity index (χ1n) is 11.6. The standard InChI is InChI=1S/C21H52O3Si4/c1-15-18(22-28(13,14)21(7,17-3)24-26(10)11)19(4,5)27(12)23-20(6,16-2)25(8)9/h18,25-27H,15-17H2,1-14H3. The molecule has 0 aliphatic heterocycles. The van der Waals surface area contributed by atoms with E-state index >= 15 is 0 Å². The molecule has 0 saturated carbocycles. The molecule has 28 heavy (non-hydrogen) atoms. The summed E-state index contributed by atoms with van der Waals surface area (Å²) in [7, 11) is -5.55. The van der Waals surface area contributed by atoms with Gasteiger partial charge in [0.2, 0.25) is 8.32 Å². The SMILES string of the molecule is CCC(O[Si](C)(C)C(C)(CC)O[SiH](C)C)C(C)(C)[SiH](C)OC(C)(CC)[SiH](C)C. The van der Waals surface area contributed by atoms with Gasteiger partial charge in [-0.1, -0.05) is 47.7 Å². The molecule has 3 nitrogen and oxygen atoms in total. The predicted octanol–water partition coefficient (Wildman–Crippen LogP) is 6.04. The third kappa shape index (κ3) is 6.89. The highest BCUT2D eigenvalue weighted by Crippen LogP contribution is 2.43. The van der Waals surface area contributed by atoms with E-state index in [-0.39, 0.29) is 21.6 Å². The van der Waals surface area contributed by atoms with E-state index < -0.39 is 35.2 Å². The molecule has 170 valence electrons. The molecule has 0 fully saturated rings. The van der Waals surface area contributed by atoms with Gasteiger partial charge in [0.15, 0.2) is 18.1 Å². The molecule has 0 N–H and O–H groups in total. The maximum Gasteiger partial charge on any atom is 0.216 e. The quantitative estimate of drug-likeness (QED) is 0.311. The molecule has 0 aromatic rings. The molecule has 0 aromatic carbocycles. The van der Waals surface area contributed by atoms with Crippen molar-refractivity contribution in [2.24, 2.45) is 0 Å². The van der Waals surface area contributed by atoms with E-state index in [0.29, 0.717) is 0 Å². The van der Waals surface area contributed by atoms with E-state index in [9.17, 15) is 0 Å². The molecule has 4 atom stereocenters. The number of hydrogen-bond donors (Lipinski definition) is 0. The fourth-order valence-electron chi connectivity index (χ4n) is 3.86. The van der Waals surface area contributed by atoms with Crippen LogP contribution in [0.5, 0.6) is 0 Å². The Bertz CT molecular complexity index is 471. The van der Waals surface area contributed by atoms with Crippen molar-refractivity contribution in [2.45, 2.75) is 135 Å². The lowest BCUT2D eigenvalue weighted by Crippen LogP contribution is -2.60. The van der Waals surface area contributed by atoms with Gasteiger partial charge in [-0.15, -0.1) is 0 Å². The monoisotopic (exact) mass is 464 g/mol. The molecule has 0 aliphatic rings. The van der Waals surface area contributed by atoms with Crippen LogP contribution in [0.25, 0.3) is 0 Å². The molecule has 7 heteroatoms. The Labute approximate surface area is 183 Å². The molecule has 0 spiro atoms. The van der Waals surface area contributed by atoms with Gasteiger partial charge in [-0.25, -0.2) is 0 Å². The maximum atomic E-state index is 7.04. The summed E-state index contributed by atoms with van der Waals surface area (Å²) in [5.74, 6) is 0. The minimum atomic E-state index is -2.06. The van der Waals surface area contributed by atoms with Crippen LogP contribution in [-0.2, 0) is 13.3 Å². The highest BCUT2D eigenvalue weighted by molar-refractivity contribution is 6.75. The number of hydrogen-bond acceptors (Lipinski definition) is 3. The van der Waals surface area contributed by atoms with Crippen LogP contribution in [0.1, 0.15) is 67.7 Å². The second kappa shape index (κ2) is 10.9. The molecule has 0 bridgehead atoms. The van der Waals surface area contributed by atoms with Crippen molar-refractivity contribution in [3.63, 3.8) is 0 Å². The first-order chi connectivity index (χ1) is 12.5. The van der Waals surface area contributed by atoms with Crippen LogP contribution in [0.15, 0.2) is 0 Å². The minimum absolute atomic E-state index is 0.0860. The summed E-state index contributed by atoms with van der Waals surface area (Å²) in [5, 5.41) is 0.0619. The fraction of sp³-hybridized carbons (Fsp3) is 1.00. The van der Waals surface area contributed by atoms with E-state index in [1.165, 1.54) is 0 Å². The highest BCUT2D eigenvalue weighted by atomic mass is 28.4. The molecule has 0 rings (SSSR count). The molecule has 4 unspecified atom stereocenters. The first kappa shape index (κ1) is 28.7. The van der Waals surface area contributed by atoms with Gasteiger partial charge in [-0.05, 0) is 65.8 Å². The molecule has 0 aromatic heterocycles. The van der Waals surface area contributed by atoms with Crippen molar-refractivity contribution < 1.29 is 13.3 Å². The normalized spacial score (nSPS) is 20.1. The molecule has 0 aliphatic carbocycles. The average molecular weight is 465 g/mol. The lowest BCUT2D eigenvalue weighted by Gasteiger charge is -2.49. The van der Waals surface area contributed by atoms with E-state index in [1.54, 1.807) is 0 Å². The van der Waals surface area contributed by atoms with Crippen LogP contribution in [0.2, 0.25) is 50.9 Å². The maximum absolute atomic E-state index is 7.04. The Morgan fingerprint density at radius 3 is 1.64 bits per heavy atom.